The third-order valence-electron chi connectivity index (χ3n) is 3.71. The standard InChI is InChI=1S/C15H15N3O5S2/c1-16-24(20,21)11-5-3-6-12(9-11)25(22,23)18-13-7-2-4-10-8-14(19)17-15(10)13/h2-7,9,16,18H,8H2,1H3,(H,17,19). The molecule has 0 saturated carbocycles. The highest BCUT2D eigenvalue weighted by Gasteiger charge is 2.24. The zero-order valence-electron chi connectivity index (χ0n) is 13.1. The largest absolute Gasteiger partial charge is 0.324 e. The summed E-state index contributed by atoms with van der Waals surface area (Å²) in [6.45, 7) is 0. The highest BCUT2D eigenvalue weighted by atomic mass is 32.2. The lowest BCUT2D eigenvalue weighted by molar-refractivity contribution is -0.115. The van der Waals surface area contributed by atoms with Gasteiger partial charge in [0.2, 0.25) is 15.9 Å². The van der Waals surface area contributed by atoms with E-state index in [1.807, 2.05) is 0 Å². The SMILES string of the molecule is CNS(=O)(=O)c1cccc(S(=O)(=O)Nc2cccc3c2NC(=O)C3)c1. The summed E-state index contributed by atoms with van der Waals surface area (Å²) in [6, 6.07) is 9.89. The number of sulfonamides is 2. The average molecular weight is 381 g/mol. The van der Waals surface area contributed by atoms with Gasteiger partial charge in [-0.2, -0.15) is 0 Å². The maximum Gasteiger partial charge on any atom is 0.262 e. The first-order valence-electron chi connectivity index (χ1n) is 7.21. The molecule has 0 saturated heterocycles. The lowest BCUT2D eigenvalue weighted by atomic mass is 10.1. The monoisotopic (exact) mass is 381 g/mol. The van der Waals surface area contributed by atoms with Crippen molar-refractivity contribution in [1.29, 1.82) is 0 Å². The van der Waals surface area contributed by atoms with Crippen LogP contribution in [-0.2, 0) is 31.3 Å². The van der Waals surface area contributed by atoms with Crippen molar-refractivity contribution >= 4 is 37.3 Å². The molecular weight excluding hydrogens is 366 g/mol. The molecule has 3 N–H and O–H groups in total. The third kappa shape index (κ3) is 3.36. The second kappa shape index (κ2) is 6.14. The lowest BCUT2D eigenvalue weighted by Crippen LogP contribution is -2.20. The van der Waals surface area contributed by atoms with Gasteiger partial charge in [-0.15, -0.1) is 0 Å². The molecule has 25 heavy (non-hydrogen) atoms. The van der Waals surface area contributed by atoms with Crippen LogP contribution in [0.15, 0.2) is 52.3 Å². The van der Waals surface area contributed by atoms with E-state index in [0.717, 1.165) is 6.07 Å². The summed E-state index contributed by atoms with van der Waals surface area (Å²) in [4.78, 5) is 11.1. The summed E-state index contributed by atoms with van der Waals surface area (Å²) in [5.41, 5.74) is 1.33. The summed E-state index contributed by atoms with van der Waals surface area (Å²) in [5.74, 6) is -0.219. The predicted molar refractivity (Wildman–Crippen MR) is 92.3 cm³/mol. The van der Waals surface area contributed by atoms with Gasteiger partial charge >= 0.3 is 0 Å². The molecule has 2 aromatic carbocycles. The minimum Gasteiger partial charge on any atom is -0.324 e. The Bertz CT molecular complexity index is 1060. The molecule has 1 heterocycles. The van der Waals surface area contributed by atoms with Gasteiger partial charge in [0, 0.05) is 0 Å². The van der Waals surface area contributed by atoms with Crippen LogP contribution in [0.4, 0.5) is 11.4 Å². The van der Waals surface area contributed by atoms with E-state index in [0.29, 0.717) is 11.3 Å². The molecule has 0 aromatic heterocycles. The number of fused-ring (bicyclic) bond motifs is 1. The van der Waals surface area contributed by atoms with Crippen LogP contribution in [-0.4, -0.2) is 29.8 Å². The number of carbonyl (C=O) groups is 1. The van der Waals surface area contributed by atoms with E-state index in [2.05, 4.69) is 14.8 Å². The zero-order chi connectivity index (χ0) is 18.2. The molecule has 3 rings (SSSR count). The van der Waals surface area contributed by atoms with E-state index >= 15 is 0 Å². The normalized spacial score (nSPS) is 14.0. The van der Waals surface area contributed by atoms with E-state index in [4.69, 9.17) is 0 Å². The maximum atomic E-state index is 12.6. The Hall–Kier alpha value is -2.43. The van der Waals surface area contributed by atoms with E-state index in [-0.39, 0.29) is 27.8 Å². The molecule has 0 spiro atoms. The van der Waals surface area contributed by atoms with Gasteiger partial charge in [-0.05, 0) is 36.9 Å². The number of para-hydroxylation sites is 1. The van der Waals surface area contributed by atoms with Crippen molar-refractivity contribution in [2.75, 3.05) is 17.1 Å². The predicted octanol–water partition coefficient (Wildman–Crippen LogP) is 0.890. The summed E-state index contributed by atoms with van der Waals surface area (Å²) < 4.78 is 53.5. The fourth-order valence-corrected chi connectivity index (χ4v) is 4.43. The second-order valence-electron chi connectivity index (χ2n) is 5.35. The molecular formula is C15H15N3O5S2. The highest BCUT2D eigenvalue weighted by Crippen LogP contribution is 2.32. The molecule has 0 unspecified atom stereocenters. The number of carbonyl (C=O) groups excluding carboxylic acids is 1. The van der Waals surface area contributed by atoms with E-state index in [1.165, 1.54) is 31.3 Å². The van der Waals surface area contributed by atoms with Gasteiger partial charge in [0.15, 0.2) is 0 Å². The quantitative estimate of drug-likeness (QED) is 0.710. The van der Waals surface area contributed by atoms with Crippen molar-refractivity contribution in [3.63, 3.8) is 0 Å². The smallest absolute Gasteiger partial charge is 0.262 e. The average Bonchev–Trinajstić information content (AvgIpc) is 2.96. The van der Waals surface area contributed by atoms with Crippen molar-refractivity contribution in [3.8, 4) is 0 Å². The Morgan fingerprint density at radius 1 is 0.960 bits per heavy atom. The molecule has 132 valence electrons. The summed E-state index contributed by atoms with van der Waals surface area (Å²) >= 11 is 0. The molecule has 1 amide bonds. The van der Waals surface area contributed by atoms with Crippen LogP contribution in [0.5, 0.6) is 0 Å². The van der Waals surface area contributed by atoms with E-state index < -0.39 is 20.0 Å². The van der Waals surface area contributed by atoms with Crippen LogP contribution in [0.2, 0.25) is 0 Å². The first-order valence-corrected chi connectivity index (χ1v) is 10.2. The van der Waals surface area contributed by atoms with Crippen molar-refractivity contribution in [3.05, 3.63) is 48.0 Å². The van der Waals surface area contributed by atoms with Crippen LogP contribution < -0.4 is 14.8 Å². The number of benzene rings is 2. The van der Waals surface area contributed by atoms with Gasteiger partial charge < -0.3 is 5.32 Å². The lowest BCUT2D eigenvalue weighted by Gasteiger charge is -2.12. The van der Waals surface area contributed by atoms with Gasteiger partial charge in [0.05, 0.1) is 27.6 Å². The van der Waals surface area contributed by atoms with Crippen molar-refractivity contribution in [1.82, 2.24) is 4.72 Å². The Kier molecular flexibility index (Phi) is 4.27. The molecule has 0 radical (unpaired) electrons. The molecule has 8 nitrogen and oxygen atoms in total. The van der Waals surface area contributed by atoms with E-state index in [1.54, 1.807) is 12.1 Å². The van der Waals surface area contributed by atoms with Crippen LogP contribution in [0.3, 0.4) is 0 Å². The Morgan fingerprint density at radius 2 is 1.60 bits per heavy atom. The molecule has 10 heteroatoms. The van der Waals surface area contributed by atoms with Gasteiger partial charge in [0.25, 0.3) is 10.0 Å². The van der Waals surface area contributed by atoms with Crippen molar-refractivity contribution in [2.45, 2.75) is 16.2 Å². The third-order valence-corrected chi connectivity index (χ3v) is 6.48. The second-order valence-corrected chi connectivity index (χ2v) is 8.92. The van der Waals surface area contributed by atoms with Gasteiger partial charge in [-0.25, -0.2) is 21.6 Å². The maximum absolute atomic E-state index is 12.6. The van der Waals surface area contributed by atoms with Crippen molar-refractivity contribution < 1.29 is 21.6 Å². The number of nitrogens with one attached hydrogen (secondary N) is 3. The number of hydrogen-bond acceptors (Lipinski definition) is 5. The Balaban J connectivity index is 1.99. The van der Waals surface area contributed by atoms with Gasteiger partial charge in [-0.3, -0.25) is 9.52 Å². The van der Waals surface area contributed by atoms with Crippen molar-refractivity contribution in [2.24, 2.45) is 0 Å². The van der Waals surface area contributed by atoms with Crippen LogP contribution >= 0.6 is 0 Å². The first-order chi connectivity index (χ1) is 11.7. The van der Waals surface area contributed by atoms with Crippen LogP contribution in [0.25, 0.3) is 0 Å². The van der Waals surface area contributed by atoms with Gasteiger partial charge in [-0.1, -0.05) is 18.2 Å². The topological polar surface area (TPSA) is 121 Å². The molecule has 1 aliphatic heterocycles. The number of hydrogen-bond donors (Lipinski definition) is 3. The Labute approximate surface area is 145 Å². The summed E-state index contributed by atoms with van der Waals surface area (Å²) in [5, 5.41) is 2.61. The fourth-order valence-electron chi connectivity index (χ4n) is 2.47. The Morgan fingerprint density at radius 3 is 2.28 bits per heavy atom. The van der Waals surface area contributed by atoms with E-state index in [9.17, 15) is 21.6 Å². The fraction of sp³-hybridized carbons (Fsp3) is 0.133. The molecule has 1 aliphatic rings. The van der Waals surface area contributed by atoms with Crippen LogP contribution in [0, 0.1) is 0 Å². The molecule has 0 fully saturated rings. The molecule has 0 atom stereocenters. The number of amides is 1. The van der Waals surface area contributed by atoms with Gasteiger partial charge in [0.1, 0.15) is 0 Å². The highest BCUT2D eigenvalue weighted by molar-refractivity contribution is 7.93. The minimum absolute atomic E-state index is 0.163. The molecule has 0 bridgehead atoms. The number of rotatable bonds is 5. The summed E-state index contributed by atoms with van der Waals surface area (Å²) in [6.07, 6.45) is 0.181. The number of anilines is 2. The zero-order valence-corrected chi connectivity index (χ0v) is 14.7. The molecule has 2 aromatic rings. The molecule has 0 aliphatic carbocycles. The summed E-state index contributed by atoms with van der Waals surface area (Å²) in [7, 11) is -6.57. The minimum atomic E-state index is -4.04. The van der Waals surface area contributed by atoms with Crippen LogP contribution in [0.1, 0.15) is 5.56 Å². The first kappa shape index (κ1) is 17.4.